The maximum atomic E-state index is 12.2. The molecular weight excluding hydrogens is 354 g/mol. The smallest absolute Gasteiger partial charge is 0.223 e. The Morgan fingerprint density at radius 1 is 1.29 bits per heavy atom. The van der Waals surface area contributed by atoms with E-state index in [2.05, 4.69) is 15.9 Å². The topological polar surface area (TPSA) is 54.5 Å². The lowest BCUT2D eigenvalue weighted by Gasteiger charge is -2.33. The summed E-state index contributed by atoms with van der Waals surface area (Å²) in [6.07, 6.45) is 3.21. The van der Waals surface area contributed by atoms with Crippen LogP contribution in [0.15, 0.2) is 33.6 Å². The van der Waals surface area contributed by atoms with Crippen molar-refractivity contribution in [1.29, 1.82) is 0 Å². The van der Waals surface area contributed by atoms with Crippen molar-refractivity contribution in [1.82, 2.24) is 4.90 Å². The molecule has 1 atom stereocenters. The standard InChI is InChI=1S/C15H20BrNO3S/c1-12-4-2-3-10-17(12)15(18)9-11-21(19,20)14-7-5-13(16)6-8-14/h5-8,12H,2-4,9-11H2,1H3. The quantitative estimate of drug-likeness (QED) is 0.814. The second kappa shape index (κ2) is 6.92. The van der Waals surface area contributed by atoms with Gasteiger partial charge in [0.25, 0.3) is 0 Å². The van der Waals surface area contributed by atoms with Crippen LogP contribution in [-0.4, -0.2) is 37.6 Å². The fourth-order valence-corrected chi connectivity index (χ4v) is 4.09. The molecular formula is C15H20BrNO3S. The van der Waals surface area contributed by atoms with Crippen molar-refractivity contribution in [2.75, 3.05) is 12.3 Å². The summed E-state index contributed by atoms with van der Waals surface area (Å²) < 4.78 is 25.3. The molecule has 0 aliphatic carbocycles. The number of carbonyl (C=O) groups excluding carboxylic acids is 1. The third-order valence-electron chi connectivity index (χ3n) is 3.88. The molecule has 1 fully saturated rings. The highest BCUT2D eigenvalue weighted by Crippen LogP contribution is 2.19. The molecule has 21 heavy (non-hydrogen) atoms. The normalized spacial score (nSPS) is 19.5. The summed E-state index contributed by atoms with van der Waals surface area (Å²) in [6.45, 7) is 2.78. The van der Waals surface area contributed by atoms with Gasteiger partial charge in [0.15, 0.2) is 9.84 Å². The first kappa shape index (κ1) is 16.5. The molecule has 1 aromatic rings. The van der Waals surface area contributed by atoms with Crippen LogP contribution in [0.5, 0.6) is 0 Å². The van der Waals surface area contributed by atoms with Crippen LogP contribution in [0.25, 0.3) is 0 Å². The molecule has 2 rings (SSSR count). The number of nitrogens with zero attached hydrogens (tertiary/aromatic N) is 1. The summed E-state index contributed by atoms with van der Waals surface area (Å²) in [7, 11) is -3.40. The highest BCUT2D eigenvalue weighted by atomic mass is 79.9. The van der Waals surface area contributed by atoms with E-state index in [0.29, 0.717) is 0 Å². The van der Waals surface area contributed by atoms with E-state index >= 15 is 0 Å². The van der Waals surface area contributed by atoms with E-state index in [9.17, 15) is 13.2 Å². The van der Waals surface area contributed by atoms with E-state index in [4.69, 9.17) is 0 Å². The Morgan fingerprint density at radius 3 is 2.57 bits per heavy atom. The van der Waals surface area contributed by atoms with Gasteiger partial charge in [0, 0.05) is 23.5 Å². The van der Waals surface area contributed by atoms with Gasteiger partial charge in [0.2, 0.25) is 5.91 Å². The lowest BCUT2D eigenvalue weighted by Crippen LogP contribution is -2.42. The Labute approximate surface area is 134 Å². The van der Waals surface area contributed by atoms with Crippen molar-refractivity contribution in [3.63, 3.8) is 0 Å². The second-order valence-corrected chi connectivity index (χ2v) is 8.48. The maximum absolute atomic E-state index is 12.2. The van der Waals surface area contributed by atoms with Crippen molar-refractivity contribution < 1.29 is 13.2 Å². The third-order valence-corrected chi connectivity index (χ3v) is 6.14. The molecule has 1 aliphatic rings. The minimum Gasteiger partial charge on any atom is -0.340 e. The van der Waals surface area contributed by atoms with Gasteiger partial charge in [-0.25, -0.2) is 8.42 Å². The number of hydrogen-bond donors (Lipinski definition) is 0. The molecule has 1 saturated heterocycles. The largest absolute Gasteiger partial charge is 0.340 e. The first-order valence-electron chi connectivity index (χ1n) is 7.18. The maximum Gasteiger partial charge on any atom is 0.223 e. The molecule has 1 aliphatic heterocycles. The molecule has 1 heterocycles. The van der Waals surface area contributed by atoms with Crippen LogP contribution in [0.3, 0.4) is 0 Å². The number of rotatable bonds is 4. The molecule has 1 unspecified atom stereocenters. The van der Waals surface area contributed by atoms with Crippen LogP contribution in [0.2, 0.25) is 0 Å². The summed E-state index contributed by atoms with van der Waals surface area (Å²) in [5.41, 5.74) is 0. The average Bonchev–Trinajstić information content (AvgIpc) is 2.46. The number of hydrogen-bond acceptors (Lipinski definition) is 3. The summed E-state index contributed by atoms with van der Waals surface area (Å²) >= 11 is 3.28. The van der Waals surface area contributed by atoms with Crippen molar-refractivity contribution >= 4 is 31.7 Å². The molecule has 6 heteroatoms. The number of piperidine rings is 1. The van der Waals surface area contributed by atoms with Gasteiger partial charge >= 0.3 is 0 Å². The van der Waals surface area contributed by atoms with Gasteiger partial charge < -0.3 is 4.90 Å². The second-order valence-electron chi connectivity index (χ2n) is 5.45. The van der Waals surface area contributed by atoms with E-state index in [1.54, 1.807) is 24.3 Å². The van der Waals surface area contributed by atoms with Gasteiger partial charge in [-0.1, -0.05) is 15.9 Å². The molecule has 0 radical (unpaired) electrons. The van der Waals surface area contributed by atoms with Crippen molar-refractivity contribution in [3.8, 4) is 0 Å². The third kappa shape index (κ3) is 4.30. The average molecular weight is 374 g/mol. The van der Waals surface area contributed by atoms with Crippen LogP contribution < -0.4 is 0 Å². The molecule has 1 aromatic carbocycles. The summed E-state index contributed by atoms with van der Waals surface area (Å²) in [4.78, 5) is 14.3. The molecule has 1 amide bonds. The van der Waals surface area contributed by atoms with Gasteiger partial charge in [-0.3, -0.25) is 4.79 Å². The minimum absolute atomic E-state index is 0.0529. The molecule has 0 saturated carbocycles. The highest BCUT2D eigenvalue weighted by Gasteiger charge is 2.25. The van der Waals surface area contributed by atoms with Crippen molar-refractivity contribution in [2.24, 2.45) is 0 Å². The van der Waals surface area contributed by atoms with Gasteiger partial charge in [0.05, 0.1) is 10.6 Å². The predicted octanol–water partition coefficient (Wildman–Crippen LogP) is 3.01. The zero-order chi connectivity index (χ0) is 15.5. The van der Waals surface area contributed by atoms with E-state index in [0.717, 1.165) is 30.3 Å². The van der Waals surface area contributed by atoms with Gasteiger partial charge in [0.1, 0.15) is 0 Å². The Hall–Kier alpha value is -0.880. The minimum atomic E-state index is -3.40. The number of carbonyl (C=O) groups is 1. The van der Waals surface area contributed by atoms with Crippen molar-refractivity contribution in [2.45, 2.75) is 43.5 Å². The van der Waals surface area contributed by atoms with Crippen molar-refractivity contribution in [3.05, 3.63) is 28.7 Å². The Bertz CT molecular complexity index is 598. The predicted molar refractivity (Wildman–Crippen MR) is 85.8 cm³/mol. The first-order valence-corrected chi connectivity index (χ1v) is 9.62. The summed E-state index contributed by atoms with van der Waals surface area (Å²) in [5, 5.41) is 0. The highest BCUT2D eigenvalue weighted by molar-refractivity contribution is 9.10. The monoisotopic (exact) mass is 373 g/mol. The molecule has 116 valence electrons. The molecule has 0 N–H and O–H groups in total. The van der Waals surface area contributed by atoms with Gasteiger partial charge in [-0.2, -0.15) is 0 Å². The van der Waals surface area contributed by atoms with Gasteiger partial charge in [-0.05, 0) is 50.5 Å². The number of halogens is 1. The zero-order valence-electron chi connectivity index (χ0n) is 12.1. The van der Waals surface area contributed by atoms with E-state index in [-0.39, 0.29) is 29.0 Å². The Balaban J connectivity index is 1.98. The first-order chi connectivity index (χ1) is 9.90. The van der Waals surface area contributed by atoms with Gasteiger partial charge in [-0.15, -0.1) is 0 Å². The van der Waals surface area contributed by atoms with E-state index in [1.165, 1.54) is 0 Å². The molecule has 0 bridgehead atoms. The number of likely N-dealkylation sites (tertiary alicyclic amines) is 1. The fourth-order valence-electron chi connectivity index (χ4n) is 2.59. The van der Waals surface area contributed by atoms with E-state index in [1.807, 2.05) is 11.8 Å². The number of sulfone groups is 1. The lowest BCUT2D eigenvalue weighted by atomic mass is 10.0. The van der Waals surface area contributed by atoms with E-state index < -0.39 is 9.84 Å². The fraction of sp³-hybridized carbons (Fsp3) is 0.533. The summed E-state index contributed by atoms with van der Waals surface area (Å²) in [6, 6.07) is 6.74. The Morgan fingerprint density at radius 2 is 1.95 bits per heavy atom. The summed E-state index contributed by atoms with van der Waals surface area (Å²) in [5.74, 6) is -0.181. The Kier molecular flexibility index (Phi) is 5.43. The van der Waals surface area contributed by atoms with Crippen LogP contribution >= 0.6 is 15.9 Å². The molecule has 0 aromatic heterocycles. The van der Waals surface area contributed by atoms with Crippen LogP contribution in [-0.2, 0) is 14.6 Å². The van der Waals surface area contributed by atoms with Crippen LogP contribution in [0.4, 0.5) is 0 Å². The number of amides is 1. The lowest BCUT2D eigenvalue weighted by molar-refractivity contribution is -0.133. The SMILES string of the molecule is CC1CCCCN1C(=O)CCS(=O)(=O)c1ccc(Br)cc1. The molecule has 0 spiro atoms. The molecule has 4 nitrogen and oxygen atoms in total. The number of benzene rings is 1. The van der Waals surface area contributed by atoms with Crippen LogP contribution in [0, 0.1) is 0 Å². The van der Waals surface area contributed by atoms with Crippen LogP contribution in [0.1, 0.15) is 32.6 Å². The zero-order valence-corrected chi connectivity index (χ0v) is 14.5.